The maximum atomic E-state index is 5.70. The molecule has 1 heterocycles. The molecule has 0 spiro atoms. The summed E-state index contributed by atoms with van der Waals surface area (Å²) >= 11 is 0. The summed E-state index contributed by atoms with van der Waals surface area (Å²) in [5, 5.41) is 8.09. The van der Waals surface area contributed by atoms with Gasteiger partial charge in [-0.25, -0.2) is 0 Å². The van der Waals surface area contributed by atoms with Gasteiger partial charge in [0, 0.05) is 11.6 Å². The largest absolute Gasteiger partial charge is 0.497 e. The maximum Gasteiger partial charge on any atom is 0.149 e. The second-order valence-corrected chi connectivity index (χ2v) is 4.32. The Hall–Kier alpha value is -2.30. The highest BCUT2D eigenvalue weighted by molar-refractivity contribution is 5.73. The van der Waals surface area contributed by atoms with Gasteiger partial charge in [-0.1, -0.05) is 0 Å². The Morgan fingerprint density at radius 3 is 2.26 bits per heavy atom. The van der Waals surface area contributed by atoms with E-state index in [0.29, 0.717) is 11.6 Å². The van der Waals surface area contributed by atoms with Gasteiger partial charge in [-0.15, -0.1) is 10.2 Å². The van der Waals surface area contributed by atoms with Crippen LogP contribution in [0.25, 0.3) is 11.3 Å². The van der Waals surface area contributed by atoms with E-state index < -0.39 is 0 Å². The molecule has 100 valence electrons. The minimum atomic E-state index is 0.439. The highest BCUT2D eigenvalue weighted by atomic mass is 16.5. The molecular formula is C14H17N3O2. The third-order valence-corrected chi connectivity index (χ3v) is 3.01. The van der Waals surface area contributed by atoms with Gasteiger partial charge in [0.25, 0.3) is 0 Å². The van der Waals surface area contributed by atoms with Crippen LogP contribution in [0.3, 0.4) is 0 Å². The minimum absolute atomic E-state index is 0.439. The van der Waals surface area contributed by atoms with Crippen molar-refractivity contribution in [1.82, 2.24) is 10.2 Å². The summed E-state index contributed by atoms with van der Waals surface area (Å²) in [6.45, 7) is 3.88. The van der Waals surface area contributed by atoms with Crippen LogP contribution in [0.4, 0.5) is 5.82 Å². The molecular weight excluding hydrogens is 242 g/mol. The highest BCUT2D eigenvalue weighted by Crippen LogP contribution is 2.36. The fourth-order valence-corrected chi connectivity index (χ4v) is 1.95. The number of nitrogens with zero attached hydrogens (tertiary/aromatic N) is 2. The molecule has 5 heteroatoms. The summed E-state index contributed by atoms with van der Waals surface area (Å²) in [5.41, 5.74) is 9.24. The molecule has 1 aromatic heterocycles. The van der Waals surface area contributed by atoms with Gasteiger partial charge in [0.1, 0.15) is 17.3 Å². The summed E-state index contributed by atoms with van der Waals surface area (Å²) < 4.78 is 10.6. The number of aromatic nitrogens is 2. The zero-order chi connectivity index (χ0) is 14.0. The average molecular weight is 259 g/mol. The first kappa shape index (κ1) is 13.1. The van der Waals surface area contributed by atoms with Crippen LogP contribution in [0.5, 0.6) is 11.5 Å². The van der Waals surface area contributed by atoms with Crippen LogP contribution in [0.1, 0.15) is 11.1 Å². The molecule has 0 bridgehead atoms. The van der Waals surface area contributed by atoms with Gasteiger partial charge >= 0.3 is 0 Å². The number of nitrogens with two attached hydrogens (primary N) is 1. The third kappa shape index (κ3) is 2.45. The lowest BCUT2D eigenvalue weighted by Crippen LogP contribution is -2.00. The first-order valence-corrected chi connectivity index (χ1v) is 5.89. The Labute approximate surface area is 112 Å². The van der Waals surface area contributed by atoms with Crippen LogP contribution in [0.2, 0.25) is 0 Å². The number of anilines is 1. The van der Waals surface area contributed by atoms with E-state index in [0.717, 1.165) is 28.1 Å². The van der Waals surface area contributed by atoms with Crippen molar-refractivity contribution in [2.75, 3.05) is 20.0 Å². The van der Waals surface area contributed by atoms with E-state index in [1.807, 2.05) is 32.0 Å². The SMILES string of the molecule is COc1cc(C)c(-c2cc(C)c(N)nn2)c(OC)c1. The van der Waals surface area contributed by atoms with Crippen LogP contribution in [0.15, 0.2) is 18.2 Å². The van der Waals surface area contributed by atoms with Gasteiger partial charge in [-0.2, -0.15) is 0 Å². The normalized spacial score (nSPS) is 10.3. The number of rotatable bonds is 3. The lowest BCUT2D eigenvalue weighted by molar-refractivity contribution is 0.395. The average Bonchev–Trinajstić information content (AvgIpc) is 2.41. The van der Waals surface area contributed by atoms with E-state index in [4.69, 9.17) is 15.2 Å². The number of methoxy groups -OCH3 is 2. The van der Waals surface area contributed by atoms with Gasteiger partial charge in [-0.05, 0) is 37.1 Å². The molecule has 0 aliphatic rings. The van der Waals surface area contributed by atoms with E-state index in [1.54, 1.807) is 14.2 Å². The number of aryl methyl sites for hydroxylation is 2. The fourth-order valence-electron chi connectivity index (χ4n) is 1.95. The van der Waals surface area contributed by atoms with Crippen molar-refractivity contribution in [2.24, 2.45) is 0 Å². The van der Waals surface area contributed by atoms with Crippen molar-refractivity contribution < 1.29 is 9.47 Å². The minimum Gasteiger partial charge on any atom is -0.497 e. The molecule has 0 radical (unpaired) electrons. The second kappa shape index (κ2) is 5.14. The number of benzene rings is 1. The van der Waals surface area contributed by atoms with Gasteiger partial charge in [0.15, 0.2) is 0 Å². The highest BCUT2D eigenvalue weighted by Gasteiger charge is 2.14. The standard InChI is InChI=1S/C14H17N3O2/c1-8-5-10(18-3)7-12(19-4)13(8)11-6-9(2)14(15)17-16-11/h5-7H,1-4H3,(H2,15,17). The van der Waals surface area contributed by atoms with Crippen molar-refractivity contribution in [3.05, 3.63) is 29.3 Å². The fraction of sp³-hybridized carbons (Fsp3) is 0.286. The molecule has 0 aliphatic carbocycles. The molecule has 0 unspecified atom stereocenters. The lowest BCUT2D eigenvalue weighted by atomic mass is 10.0. The molecule has 0 saturated heterocycles. The zero-order valence-electron chi connectivity index (χ0n) is 11.5. The topological polar surface area (TPSA) is 70.3 Å². The van der Waals surface area contributed by atoms with Crippen molar-refractivity contribution in [3.63, 3.8) is 0 Å². The van der Waals surface area contributed by atoms with Crippen molar-refractivity contribution in [2.45, 2.75) is 13.8 Å². The second-order valence-electron chi connectivity index (χ2n) is 4.32. The van der Waals surface area contributed by atoms with Crippen LogP contribution < -0.4 is 15.2 Å². The summed E-state index contributed by atoms with van der Waals surface area (Å²) in [7, 11) is 3.25. The molecule has 2 N–H and O–H groups in total. The van der Waals surface area contributed by atoms with Crippen molar-refractivity contribution in [3.8, 4) is 22.8 Å². The van der Waals surface area contributed by atoms with E-state index in [2.05, 4.69) is 10.2 Å². The smallest absolute Gasteiger partial charge is 0.149 e. The summed E-state index contributed by atoms with van der Waals surface area (Å²) in [6, 6.07) is 5.67. The number of hydrogen-bond donors (Lipinski definition) is 1. The predicted molar refractivity (Wildman–Crippen MR) is 74.5 cm³/mol. The molecule has 0 atom stereocenters. The zero-order valence-corrected chi connectivity index (χ0v) is 11.5. The van der Waals surface area contributed by atoms with Gasteiger partial charge in [0.2, 0.25) is 0 Å². The lowest BCUT2D eigenvalue weighted by Gasteiger charge is -2.13. The van der Waals surface area contributed by atoms with Crippen LogP contribution in [-0.4, -0.2) is 24.4 Å². The van der Waals surface area contributed by atoms with Crippen molar-refractivity contribution in [1.29, 1.82) is 0 Å². The Bertz CT molecular complexity index is 612. The quantitative estimate of drug-likeness (QED) is 0.916. The molecule has 19 heavy (non-hydrogen) atoms. The Balaban J connectivity index is 2.63. The molecule has 0 amide bonds. The maximum absolute atomic E-state index is 5.70. The van der Waals surface area contributed by atoms with E-state index in [-0.39, 0.29) is 0 Å². The molecule has 0 saturated carbocycles. The molecule has 0 fully saturated rings. The molecule has 2 rings (SSSR count). The first-order valence-electron chi connectivity index (χ1n) is 5.89. The number of nitrogen functional groups attached to an aromatic ring is 1. The van der Waals surface area contributed by atoms with Gasteiger partial charge in [0.05, 0.1) is 19.9 Å². The van der Waals surface area contributed by atoms with Gasteiger partial charge < -0.3 is 15.2 Å². The molecule has 2 aromatic rings. The van der Waals surface area contributed by atoms with Gasteiger partial charge in [-0.3, -0.25) is 0 Å². The monoisotopic (exact) mass is 259 g/mol. The Morgan fingerprint density at radius 2 is 1.68 bits per heavy atom. The molecule has 0 aliphatic heterocycles. The molecule has 5 nitrogen and oxygen atoms in total. The van der Waals surface area contributed by atoms with E-state index >= 15 is 0 Å². The van der Waals surface area contributed by atoms with Crippen LogP contribution in [-0.2, 0) is 0 Å². The first-order chi connectivity index (χ1) is 9.06. The summed E-state index contributed by atoms with van der Waals surface area (Å²) in [4.78, 5) is 0. The van der Waals surface area contributed by atoms with Crippen molar-refractivity contribution >= 4 is 5.82 Å². The summed E-state index contributed by atoms with van der Waals surface area (Å²) in [6.07, 6.45) is 0. The number of hydrogen-bond acceptors (Lipinski definition) is 5. The molecule has 1 aromatic carbocycles. The summed E-state index contributed by atoms with van der Waals surface area (Å²) in [5.74, 6) is 1.89. The van der Waals surface area contributed by atoms with E-state index in [9.17, 15) is 0 Å². The number of ether oxygens (including phenoxy) is 2. The van der Waals surface area contributed by atoms with Crippen LogP contribution >= 0.6 is 0 Å². The Morgan fingerprint density at radius 1 is 0.947 bits per heavy atom. The Kier molecular flexibility index (Phi) is 3.55. The van der Waals surface area contributed by atoms with Crippen LogP contribution in [0, 0.1) is 13.8 Å². The van der Waals surface area contributed by atoms with E-state index in [1.165, 1.54) is 0 Å². The predicted octanol–water partition coefficient (Wildman–Crippen LogP) is 2.36. The third-order valence-electron chi connectivity index (χ3n) is 3.01.